The summed E-state index contributed by atoms with van der Waals surface area (Å²) in [4.78, 5) is 16.5. The molecule has 0 radical (unpaired) electrons. The van der Waals surface area contributed by atoms with Gasteiger partial charge in [-0.15, -0.1) is 0 Å². The normalized spacial score (nSPS) is 17.2. The fourth-order valence-corrected chi connectivity index (χ4v) is 5.61. The maximum absolute atomic E-state index is 13.1. The summed E-state index contributed by atoms with van der Waals surface area (Å²) in [6.45, 7) is 2.95. The highest BCUT2D eigenvalue weighted by molar-refractivity contribution is 7.90. The molecule has 31 heavy (non-hydrogen) atoms. The zero-order chi connectivity index (χ0) is 21.3. The predicted octanol–water partition coefficient (Wildman–Crippen LogP) is 3.05. The highest BCUT2D eigenvalue weighted by atomic mass is 32.2. The number of nitrogens with zero attached hydrogens (tertiary/aromatic N) is 5. The molecule has 7 nitrogen and oxygen atoms in total. The Labute approximate surface area is 182 Å². The van der Waals surface area contributed by atoms with Gasteiger partial charge in [0.1, 0.15) is 0 Å². The number of hydrogen-bond acceptors (Lipinski definition) is 6. The molecular formula is C23H25N5O2S. The fraction of sp³-hybridized carbons (Fsp3) is 0.348. The first-order valence-corrected chi connectivity index (χ1v) is 12.1. The van der Waals surface area contributed by atoms with E-state index in [4.69, 9.17) is 4.98 Å². The third-order valence-corrected chi connectivity index (χ3v) is 7.62. The molecule has 5 rings (SSSR count). The minimum absolute atomic E-state index is 0.294. The highest BCUT2D eigenvalue weighted by Gasteiger charge is 2.24. The van der Waals surface area contributed by atoms with Crippen LogP contribution < -0.4 is 0 Å². The van der Waals surface area contributed by atoms with Gasteiger partial charge < -0.3 is 0 Å². The van der Waals surface area contributed by atoms with Gasteiger partial charge in [0.15, 0.2) is 5.82 Å². The lowest BCUT2D eigenvalue weighted by atomic mass is 10.1. The molecule has 2 aliphatic rings. The Kier molecular flexibility index (Phi) is 5.41. The lowest BCUT2D eigenvalue weighted by Crippen LogP contribution is -2.32. The van der Waals surface area contributed by atoms with Crippen molar-refractivity contribution in [3.8, 4) is 0 Å². The molecule has 0 atom stereocenters. The first kappa shape index (κ1) is 20.1. The first-order chi connectivity index (χ1) is 15.1. The summed E-state index contributed by atoms with van der Waals surface area (Å²) in [6, 6.07) is 12.2. The fourth-order valence-electron chi connectivity index (χ4n) is 4.22. The molecule has 2 aliphatic heterocycles. The van der Waals surface area contributed by atoms with Crippen LogP contribution in [0, 0.1) is 0 Å². The van der Waals surface area contributed by atoms with Gasteiger partial charge >= 0.3 is 0 Å². The smallest absolute Gasteiger partial charge is 0.267 e. The van der Waals surface area contributed by atoms with Crippen molar-refractivity contribution < 1.29 is 8.42 Å². The van der Waals surface area contributed by atoms with E-state index in [1.165, 1.54) is 3.97 Å². The van der Waals surface area contributed by atoms with Gasteiger partial charge in [-0.1, -0.05) is 18.2 Å². The van der Waals surface area contributed by atoms with Gasteiger partial charge in [0.2, 0.25) is 0 Å². The van der Waals surface area contributed by atoms with Crippen molar-refractivity contribution in [1.82, 2.24) is 18.8 Å². The Morgan fingerprint density at radius 3 is 2.68 bits per heavy atom. The molecular weight excluding hydrogens is 410 g/mol. The number of fused-ring (bicyclic) bond motifs is 1. The Morgan fingerprint density at radius 1 is 1.00 bits per heavy atom. The quantitative estimate of drug-likeness (QED) is 0.615. The van der Waals surface area contributed by atoms with Crippen LogP contribution in [0.3, 0.4) is 0 Å². The third-order valence-electron chi connectivity index (χ3n) is 5.87. The monoisotopic (exact) mass is 435 g/mol. The maximum atomic E-state index is 13.1. The van der Waals surface area contributed by atoms with Crippen molar-refractivity contribution in [2.75, 3.05) is 13.1 Å². The second-order valence-electron chi connectivity index (χ2n) is 8.03. The van der Waals surface area contributed by atoms with Gasteiger partial charge in [-0.2, -0.15) is 0 Å². The van der Waals surface area contributed by atoms with E-state index in [0.717, 1.165) is 67.3 Å². The number of hydrogen-bond donors (Lipinski definition) is 0. The van der Waals surface area contributed by atoms with Crippen LogP contribution in [-0.4, -0.2) is 46.1 Å². The van der Waals surface area contributed by atoms with Crippen LogP contribution in [0.2, 0.25) is 0 Å². The summed E-state index contributed by atoms with van der Waals surface area (Å²) >= 11 is 0. The van der Waals surface area contributed by atoms with Crippen molar-refractivity contribution in [3.05, 3.63) is 77.6 Å². The number of aromatic nitrogens is 3. The van der Waals surface area contributed by atoms with Crippen LogP contribution in [0.25, 0.3) is 0 Å². The number of rotatable bonds is 5. The summed E-state index contributed by atoms with van der Waals surface area (Å²) in [7, 11) is -3.60. The maximum Gasteiger partial charge on any atom is 0.267 e. The molecule has 0 amide bonds. The zero-order valence-electron chi connectivity index (χ0n) is 17.3. The lowest BCUT2D eigenvalue weighted by molar-refractivity contribution is 0.239. The second-order valence-corrected chi connectivity index (χ2v) is 9.84. The Hall–Kier alpha value is -2.84. The van der Waals surface area contributed by atoms with Gasteiger partial charge in [-0.25, -0.2) is 22.4 Å². The van der Waals surface area contributed by atoms with Crippen molar-refractivity contribution in [1.29, 1.82) is 0 Å². The minimum atomic E-state index is -3.60. The summed E-state index contributed by atoms with van der Waals surface area (Å²) in [6.07, 6.45) is 7.61. The summed E-state index contributed by atoms with van der Waals surface area (Å²) in [5, 5.41) is 0. The van der Waals surface area contributed by atoms with Crippen molar-refractivity contribution in [2.24, 2.45) is 4.99 Å². The standard InChI is InChI=1S/C23H25N5O2S/c29-31(30,20-8-2-1-3-9-20)28-13-6-7-19(28)17-27-14-11-21-18(16-27)15-25-23(26-21)22-10-4-5-12-24-22/h1-3,6-9,13,15H,4-5,10-12,14,16-17H2. The Bertz CT molecular complexity index is 1220. The Morgan fingerprint density at radius 2 is 1.87 bits per heavy atom. The molecule has 3 aromatic rings. The molecule has 0 unspecified atom stereocenters. The van der Waals surface area contributed by atoms with Gasteiger partial charge in [0, 0.05) is 56.3 Å². The minimum Gasteiger partial charge on any atom is -0.293 e. The first-order valence-electron chi connectivity index (χ1n) is 10.7. The second kappa shape index (κ2) is 8.36. The molecule has 2 aromatic heterocycles. The molecule has 1 aromatic carbocycles. The van der Waals surface area contributed by atoms with Crippen molar-refractivity contribution >= 4 is 15.7 Å². The molecule has 0 spiro atoms. The molecule has 0 saturated heterocycles. The molecule has 0 fully saturated rings. The molecule has 0 aliphatic carbocycles. The van der Waals surface area contributed by atoms with E-state index in [9.17, 15) is 8.42 Å². The van der Waals surface area contributed by atoms with Crippen LogP contribution >= 0.6 is 0 Å². The van der Waals surface area contributed by atoms with E-state index < -0.39 is 10.0 Å². The summed E-state index contributed by atoms with van der Waals surface area (Å²) in [5.74, 6) is 0.773. The van der Waals surface area contributed by atoms with E-state index in [1.807, 2.05) is 18.3 Å². The van der Waals surface area contributed by atoms with E-state index >= 15 is 0 Å². The lowest BCUT2D eigenvalue weighted by Gasteiger charge is -2.28. The average molecular weight is 436 g/mol. The third kappa shape index (κ3) is 4.05. The van der Waals surface area contributed by atoms with Crippen LogP contribution in [0.1, 0.15) is 42.0 Å². The van der Waals surface area contributed by atoms with Gasteiger partial charge in [-0.3, -0.25) is 9.89 Å². The van der Waals surface area contributed by atoms with Gasteiger partial charge in [0.05, 0.1) is 16.3 Å². The Balaban J connectivity index is 1.34. The average Bonchev–Trinajstić information content (AvgIpc) is 3.29. The molecule has 0 N–H and O–H groups in total. The summed E-state index contributed by atoms with van der Waals surface area (Å²) in [5.41, 5.74) is 3.97. The molecule has 4 heterocycles. The van der Waals surface area contributed by atoms with Crippen LogP contribution in [0.5, 0.6) is 0 Å². The van der Waals surface area contributed by atoms with E-state index in [0.29, 0.717) is 18.0 Å². The largest absolute Gasteiger partial charge is 0.293 e. The van der Waals surface area contributed by atoms with Crippen molar-refractivity contribution in [2.45, 2.75) is 43.7 Å². The van der Waals surface area contributed by atoms with Gasteiger partial charge in [0.25, 0.3) is 10.0 Å². The molecule has 0 bridgehead atoms. The summed E-state index contributed by atoms with van der Waals surface area (Å²) < 4.78 is 27.5. The number of benzene rings is 1. The SMILES string of the molecule is O=S(=O)(c1ccccc1)n1cccc1CN1CCc2nc(C3=NCCCC3)ncc2C1. The van der Waals surface area contributed by atoms with Gasteiger partial charge in [-0.05, 0) is 43.5 Å². The van der Waals surface area contributed by atoms with Crippen LogP contribution in [0.4, 0.5) is 0 Å². The van der Waals surface area contributed by atoms with Crippen LogP contribution in [0.15, 0.2) is 64.7 Å². The zero-order valence-corrected chi connectivity index (χ0v) is 18.1. The predicted molar refractivity (Wildman–Crippen MR) is 119 cm³/mol. The molecule has 8 heteroatoms. The highest BCUT2D eigenvalue weighted by Crippen LogP contribution is 2.22. The van der Waals surface area contributed by atoms with E-state index in [1.54, 1.807) is 36.5 Å². The number of aliphatic imine (C=N–C) groups is 1. The topological polar surface area (TPSA) is 80.5 Å². The van der Waals surface area contributed by atoms with Crippen molar-refractivity contribution in [3.63, 3.8) is 0 Å². The van der Waals surface area contributed by atoms with Crippen LogP contribution in [-0.2, 0) is 29.5 Å². The molecule has 160 valence electrons. The molecule has 0 saturated carbocycles. The van der Waals surface area contributed by atoms with E-state index in [2.05, 4.69) is 14.9 Å². The van der Waals surface area contributed by atoms with E-state index in [-0.39, 0.29) is 0 Å².